The predicted molar refractivity (Wildman–Crippen MR) is 66.5 cm³/mol. The number of aromatic nitrogens is 3. The first-order valence-corrected chi connectivity index (χ1v) is 6.02. The molecule has 0 amide bonds. The van der Waals surface area contributed by atoms with Crippen LogP contribution in [0.15, 0.2) is 24.4 Å². The van der Waals surface area contributed by atoms with Crippen LogP contribution in [0.3, 0.4) is 0 Å². The topological polar surface area (TPSA) is 50.7 Å². The molecular weight excluding hydrogens is 220 g/mol. The lowest BCUT2D eigenvalue weighted by atomic mass is 10.2. The molecule has 16 heavy (non-hydrogen) atoms. The van der Waals surface area contributed by atoms with E-state index in [0.29, 0.717) is 11.7 Å². The molecule has 0 bridgehead atoms. The van der Waals surface area contributed by atoms with Crippen LogP contribution in [0.5, 0.6) is 0 Å². The fourth-order valence-electron chi connectivity index (χ4n) is 1.19. The summed E-state index contributed by atoms with van der Waals surface area (Å²) in [4.78, 5) is 8.60. The Hall–Kier alpha value is -1.49. The largest absolute Gasteiger partial charge is 0.360 e. The molecule has 2 heterocycles. The predicted octanol–water partition coefficient (Wildman–Crippen LogP) is 2.67. The number of hydrogen-bond donors (Lipinski definition) is 1. The molecule has 0 atom stereocenters. The van der Waals surface area contributed by atoms with Gasteiger partial charge in [0, 0.05) is 24.3 Å². The van der Waals surface area contributed by atoms with Gasteiger partial charge in [-0.05, 0) is 18.1 Å². The second-order valence-electron chi connectivity index (χ2n) is 3.91. The number of hydrogen-bond acceptors (Lipinski definition) is 5. The Labute approximate surface area is 98.9 Å². The maximum absolute atomic E-state index is 4.39. The van der Waals surface area contributed by atoms with Gasteiger partial charge in [0.25, 0.3) is 0 Å². The van der Waals surface area contributed by atoms with Gasteiger partial charge in [-0.3, -0.25) is 4.98 Å². The van der Waals surface area contributed by atoms with Crippen LogP contribution in [0.1, 0.15) is 13.8 Å². The molecule has 0 spiro atoms. The van der Waals surface area contributed by atoms with Crippen molar-refractivity contribution in [1.82, 2.24) is 14.3 Å². The van der Waals surface area contributed by atoms with E-state index in [1.165, 1.54) is 11.5 Å². The van der Waals surface area contributed by atoms with Crippen molar-refractivity contribution in [2.75, 3.05) is 11.9 Å². The molecule has 0 saturated heterocycles. The Bertz CT molecular complexity index is 438. The van der Waals surface area contributed by atoms with Gasteiger partial charge >= 0.3 is 0 Å². The zero-order chi connectivity index (χ0) is 11.4. The van der Waals surface area contributed by atoms with E-state index in [1.807, 2.05) is 18.2 Å². The Morgan fingerprint density at radius 2 is 2.25 bits per heavy atom. The molecule has 2 rings (SSSR count). The first-order valence-electron chi connectivity index (χ1n) is 5.24. The normalized spacial score (nSPS) is 10.7. The van der Waals surface area contributed by atoms with E-state index in [4.69, 9.17) is 0 Å². The highest BCUT2D eigenvalue weighted by molar-refractivity contribution is 7.09. The molecule has 0 radical (unpaired) electrons. The van der Waals surface area contributed by atoms with Crippen molar-refractivity contribution in [2.24, 2.45) is 5.92 Å². The van der Waals surface area contributed by atoms with Gasteiger partial charge in [-0.2, -0.15) is 9.36 Å². The molecule has 4 nitrogen and oxygen atoms in total. The lowest BCUT2D eigenvalue weighted by Crippen LogP contribution is -2.07. The van der Waals surface area contributed by atoms with Gasteiger partial charge < -0.3 is 5.32 Å². The van der Waals surface area contributed by atoms with Crippen molar-refractivity contribution in [3.05, 3.63) is 24.4 Å². The third-order valence-corrected chi connectivity index (χ3v) is 2.65. The van der Waals surface area contributed by atoms with Crippen LogP contribution in [0.2, 0.25) is 0 Å². The third kappa shape index (κ3) is 2.76. The van der Waals surface area contributed by atoms with Crippen molar-refractivity contribution in [3.63, 3.8) is 0 Å². The minimum Gasteiger partial charge on any atom is -0.360 e. The van der Waals surface area contributed by atoms with Gasteiger partial charge in [0.1, 0.15) is 5.69 Å². The molecule has 0 aliphatic carbocycles. The summed E-state index contributed by atoms with van der Waals surface area (Å²) in [6, 6.07) is 5.73. The first-order chi connectivity index (χ1) is 7.75. The Morgan fingerprint density at radius 1 is 1.38 bits per heavy atom. The van der Waals surface area contributed by atoms with E-state index in [1.54, 1.807) is 6.20 Å². The standard InChI is InChI=1S/C11H14N4S/c1-8(2)7-13-11-14-10(15-16-11)9-5-3-4-6-12-9/h3-6,8H,7H2,1-2H3,(H,13,14,15). The highest BCUT2D eigenvalue weighted by Gasteiger charge is 2.06. The fraction of sp³-hybridized carbons (Fsp3) is 0.364. The summed E-state index contributed by atoms with van der Waals surface area (Å²) in [5.74, 6) is 1.29. The summed E-state index contributed by atoms with van der Waals surface area (Å²) >= 11 is 1.37. The summed E-state index contributed by atoms with van der Waals surface area (Å²) in [5, 5.41) is 4.11. The Kier molecular flexibility index (Phi) is 3.46. The molecular formula is C11H14N4S. The van der Waals surface area contributed by atoms with Crippen LogP contribution < -0.4 is 5.32 Å². The summed E-state index contributed by atoms with van der Waals surface area (Å²) in [7, 11) is 0. The second kappa shape index (κ2) is 5.03. The quantitative estimate of drug-likeness (QED) is 0.883. The lowest BCUT2D eigenvalue weighted by molar-refractivity contribution is 0.688. The van der Waals surface area contributed by atoms with E-state index in [9.17, 15) is 0 Å². The number of nitrogens with one attached hydrogen (secondary N) is 1. The van der Waals surface area contributed by atoms with Crippen LogP contribution in [0, 0.1) is 5.92 Å². The molecule has 0 aromatic carbocycles. The average Bonchev–Trinajstić information content (AvgIpc) is 2.76. The first kappa shape index (κ1) is 11.0. The summed E-state index contributed by atoms with van der Waals surface area (Å²) < 4.78 is 4.27. The SMILES string of the molecule is CC(C)CNc1nc(-c2ccccn2)ns1. The van der Waals surface area contributed by atoms with E-state index < -0.39 is 0 Å². The summed E-state index contributed by atoms with van der Waals surface area (Å²) in [5.41, 5.74) is 0.816. The molecule has 2 aromatic heterocycles. The Balaban J connectivity index is 2.08. The molecule has 0 aliphatic heterocycles. The minimum atomic E-state index is 0.599. The summed E-state index contributed by atoms with van der Waals surface area (Å²) in [6.07, 6.45) is 1.75. The average molecular weight is 234 g/mol. The van der Waals surface area contributed by atoms with Gasteiger partial charge in [-0.15, -0.1) is 0 Å². The van der Waals surface area contributed by atoms with E-state index >= 15 is 0 Å². The van der Waals surface area contributed by atoms with Crippen molar-refractivity contribution in [2.45, 2.75) is 13.8 Å². The van der Waals surface area contributed by atoms with Crippen LogP contribution in [0.25, 0.3) is 11.5 Å². The highest BCUT2D eigenvalue weighted by Crippen LogP contribution is 2.18. The van der Waals surface area contributed by atoms with Crippen molar-refractivity contribution in [1.29, 1.82) is 0 Å². The molecule has 0 unspecified atom stereocenters. The van der Waals surface area contributed by atoms with Crippen LogP contribution in [-0.4, -0.2) is 20.9 Å². The lowest BCUT2D eigenvalue weighted by Gasteiger charge is -2.03. The van der Waals surface area contributed by atoms with Gasteiger partial charge in [-0.25, -0.2) is 0 Å². The number of rotatable bonds is 4. The van der Waals surface area contributed by atoms with Crippen molar-refractivity contribution < 1.29 is 0 Å². The van der Waals surface area contributed by atoms with E-state index in [2.05, 4.69) is 33.5 Å². The van der Waals surface area contributed by atoms with E-state index in [0.717, 1.165) is 17.4 Å². The monoisotopic (exact) mass is 234 g/mol. The van der Waals surface area contributed by atoms with Gasteiger partial charge in [0.05, 0.1) is 0 Å². The van der Waals surface area contributed by atoms with Gasteiger partial charge in [-0.1, -0.05) is 19.9 Å². The molecule has 0 saturated carbocycles. The smallest absolute Gasteiger partial charge is 0.202 e. The van der Waals surface area contributed by atoms with E-state index in [-0.39, 0.29) is 0 Å². The van der Waals surface area contributed by atoms with Crippen LogP contribution >= 0.6 is 11.5 Å². The minimum absolute atomic E-state index is 0.599. The third-order valence-electron chi connectivity index (χ3n) is 1.98. The second-order valence-corrected chi connectivity index (χ2v) is 4.66. The highest BCUT2D eigenvalue weighted by atomic mass is 32.1. The molecule has 84 valence electrons. The maximum Gasteiger partial charge on any atom is 0.202 e. The van der Waals surface area contributed by atoms with Crippen molar-refractivity contribution >= 4 is 16.7 Å². The van der Waals surface area contributed by atoms with Crippen molar-refractivity contribution in [3.8, 4) is 11.5 Å². The maximum atomic E-state index is 4.39. The number of anilines is 1. The molecule has 0 aliphatic rings. The molecule has 1 N–H and O–H groups in total. The zero-order valence-electron chi connectivity index (χ0n) is 9.34. The molecule has 2 aromatic rings. The zero-order valence-corrected chi connectivity index (χ0v) is 10.2. The molecule has 5 heteroatoms. The van der Waals surface area contributed by atoms with Gasteiger partial charge in [0.15, 0.2) is 5.82 Å². The van der Waals surface area contributed by atoms with Crippen LogP contribution in [0.4, 0.5) is 5.13 Å². The summed E-state index contributed by atoms with van der Waals surface area (Å²) in [6.45, 7) is 5.23. The molecule has 0 fully saturated rings. The van der Waals surface area contributed by atoms with Gasteiger partial charge in [0.2, 0.25) is 5.13 Å². The number of pyridine rings is 1. The number of nitrogens with zero attached hydrogens (tertiary/aromatic N) is 3. The fourth-order valence-corrected chi connectivity index (χ4v) is 1.77. The van der Waals surface area contributed by atoms with Crippen LogP contribution in [-0.2, 0) is 0 Å². The Morgan fingerprint density at radius 3 is 2.94 bits per heavy atom.